The van der Waals surface area contributed by atoms with Gasteiger partial charge in [-0.2, -0.15) is 5.10 Å². The second-order valence-electron chi connectivity index (χ2n) is 5.54. The average Bonchev–Trinajstić information content (AvgIpc) is 3.00. The Kier molecular flexibility index (Phi) is 4.96. The molecule has 0 spiro atoms. The topological polar surface area (TPSA) is 55.1 Å². The van der Waals surface area contributed by atoms with Gasteiger partial charge in [-0.05, 0) is 42.7 Å². The summed E-state index contributed by atoms with van der Waals surface area (Å²) in [4.78, 5) is 10.8. The Labute approximate surface area is 145 Å². The quantitative estimate of drug-likeness (QED) is 0.713. The Bertz CT molecular complexity index is 826. The number of aliphatic carboxylic acids is 1. The first kappa shape index (κ1) is 16.3. The van der Waals surface area contributed by atoms with Crippen molar-refractivity contribution in [3.8, 4) is 16.9 Å². The minimum Gasteiger partial charge on any atom is -0.481 e. The van der Waals surface area contributed by atoms with Crippen molar-refractivity contribution in [2.24, 2.45) is 0 Å². The molecular weight excluding hydrogens is 324 g/mol. The molecule has 0 aliphatic heterocycles. The lowest BCUT2D eigenvalue weighted by Crippen LogP contribution is -1.96. The highest BCUT2D eigenvalue weighted by molar-refractivity contribution is 6.30. The molecule has 0 fully saturated rings. The Hall–Kier alpha value is -2.59. The van der Waals surface area contributed by atoms with Crippen LogP contribution >= 0.6 is 11.6 Å². The second-order valence-corrected chi connectivity index (χ2v) is 5.97. The van der Waals surface area contributed by atoms with Gasteiger partial charge in [0.15, 0.2) is 0 Å². The fourth-order valence-electron chi connectivity index (χ4n) is 2.59. The highest BCUT2D eigenvalue weighted by atomic mass is 35.5. The van der Waals surface area contributed by atoms with E-state index >= 15 is 0 Å². The molecule has 3 aromatic rings. The van der Waals surface area contributed by atoms with Crippen LogP contribution in [0.4, 0.5) is 0 Å². The van der Waals surface area contributed by atoms with E-state index in [-0.39, 0.29) is 6.42 Å². The normalized spacial score (nSPS) is 10.7. The first-order valence-electron chi connectivity index (χ1n) is 7.75. The van der Waals surface area contributed by atoms with E-state index in [1.54, 1.807) is 0 Å². The van der Waals surface area contributed by atoms with Gasteiger partial charge in [-0.1, -0.05) is 41.9 Å². The molecule has 0 saturated heterocycles. The molecule has 1 N–H and O–H groups in total. The minimum absolute atomic E-state index is 0.149. The number of carboxylic acid groups (broad SMARTS) is 1. The third-order valence-corrected chi connectivity index (χ3v) is 4.02. The van der Waals surface area contributed by atoms with Crippen LogP contribution in [0.1, 0.15) is 18.4 Å². The summed E-state index contributed by atoms with van der Waals surface area (Å²) in [5, 5.41) is 14.2. The van der Waals surface area contributed by atoms with E-state index in [0.717, 1.165) is 22.5 Å². The number of rotatable bonds is 6. The summed E-state index contributed by atoms with van der Waals surface area (Å²) in [7, 11) is 0. The first-order chi connectivity index (χ1) is 11.6. The molecule has 0 aliphatic rings. The van der Waals surface area contributed by atoms with Crippen LogP contribution in [0.2, 0.25) is 5.02 Å². The van der Waals surface area contributed by atoms with Crippen LogP contribution < -0.4 is 0 Å². The molecular formula is C19H17ClN2O2. The zero-order valence-corrected chi connectivity index (χ0v) is 13.8. The van der Waals surface area contributed by atoms with E-state index in [2.05, 4.69) is 0 Å². The summed E-state index contributed by atoms with van der Waals surface area (Å²) in [6.07, 6.45) is 3.37. The van der Waals surface area contributed by atoms with Crippen LogP contribution in [0.25, 0.3) is 16.9 Å². The van der Waals surface area contributed by atoms with Gasteiger partial charge in [-0.3, -0.25) is 4.79 Å². The molecule has 0 saturated carbocycles. The van der Waals surface area contributed by atoms with E-state index < -0.39 is 5.97 Å². The standard InChI is InChI=1S/C19H17ClN2O2/c20-16-11-9-14(10-12-16)19-15(5-4-8-18(23)24)13-22(21-19)17-6-2-1-3-7-17/h1-3,6-7,9-13H,4-5,8H2,(H,23,24). The van der Waals surface area contributed by atoms with Gasteiger partial charge in [0, 0.05) is 23.2 Å². The van der Waals surface area contributed by atoms with Crippen molar-refractivity contribution in [2.75, 3.05) is 0 Å². The molecule has 3 rings (SSSR count). The largest absolute Gasteiger partial charge is 0.481 e. The van der Waals surface area contributed by atoms with Gasteiger partial charge in [0.1, 0.15) is 0 Å². The predicted molar refractivity (Wildman–Crippen MR) is 94.6 cm³/mol. The van der Waals surface area contributed by atoms with Crippen molar-refractivity contribution in [3.63, 3.8) is 0 Å². The molecule has 2 aromatic carbocycles. The molecule has 0 bridgehead atoms. The maximum absolute atomic E-state index is 10.8. The van der Waals surface area contributed by atoms with Gasteiger partial charge in [0.05, 0.1) is 11.4 Å². The Morgan fingerprint density at radius 2 is 1.79 bits per heavy atom. The van der Waals surface area contributed by atoms with Gasteiger partial charge >= 0.3 is 5.97 Å². The molecule has 1 aromatic heterocycles. The fourth-order valence-corrected chi connectivity index (χ4v) is 2.71. The number of carboxylic acids is 1. The van der Waals surface area contributed by atoms with Crippen molar-refractivity contribution < 1.29 is 9.90 Å². The van der Waals surface area contributed by atoms with Crippen molar-refractivity contribution in [1.29, 1.82) is 0 Å². The number of hydrogen-bond acceptors (Lipinski definition) is 2. The van der Waals surface area contributed by atoms with Crippen molar-refractivity contribution in [3.05, 3.63) is 71.4 Å². The molecule has 0 radical (unpaired) electrons. The summed E-state index contributed by atoms with van der Waals surface area (Å²) >= 11 is 5.97. The summed E-state index contributed by atoms with van der Waals surface area (Å²) in [5.41, 5.74) is 3.83. The fraction of sp³-hybridized carbons (Fsp3) is 0.158. The van der Waals surface area contributed by atoms with Crippen LogP contribution in [0.3, 0.4) is 0 Å². The highest BCUT2D eigenvalue weighted by Crippen LogP contribution is 2.26. The lowest BCUT2D eigenvalue weighted by Gasteiger charge is -2.02. The van der Waals surface area contributed by atoms with Crippen LogP contribution in [-0.4, -0.2) is 20.9 Å². The number of halogens is 1. The third-order valence-electron chi connectivity index (χ3n) is 3.77. The monoisotopic (exact) mass is 340 g/mol. The van der Waals surface area contributed by atoms with Gasteiger partial charge in [-0.15, -0.1) is 0 Å². The Balaban J connectivity index is 1.96. The zero-order chi connectivity index (χ0) is 16.9. The van der Waals surface area contributed by atoms with Crippen LogP contribution in [0.5, 0.6) is 0 Å². The summed E-state index contributed by atoms with van der Waals surface area (Å²) < 4.78 is 1.83. The Morgan fingerprint density at radius 1 is 1.08 bits per heavy atom. The number of hydrogen-bond donors (Lipinski definition) is 1. The number of nitrogens with zero attached hydrogens (tertiary/aromatic N) is 2. The molecule has 4 nitrogen and oxygen atoms in total. The molecule has 122 valence electrons. The zero-order valence-electron chi connectivity index (χ0n) is 13.0. The maximum Gasteiger partial charge on any atom is 0.303 e. The van der Waals surface area contributed by atoms with E-state index in [0.29, 0.717) is 17.9 Å². The molecule has 1 heterocycles. The van der Waals surface area contributed by atoms with Crippen LogP contribution in [0.15, 0.2) is 60.8 Å². The van der Waals surface area contributed by atoms with Crippen molar-refractivity contribution in [1.82, 2.24) is 9.78 Å². The predicted octanol–water partition coefficient (Wildman–Crippen LogP) is 4.60. The van der Waals surface area contributed by atoms with Crippen molar-refractivity contribution >= 4 is 17.6 Å². The van der Waals surface area contributed by atoms with Gasteiger partial charge in [0.2, 0.25) is 0 Å². The number of para-hydroxylation sites is 1. The minimum atomic E-state index is -0.779. The lowest BCUT2D eigenvalue weighted by atomic mass is 10.0. The lowest BCUT2D eigenvalue weighted by molar-refractivity contribution is -0.137. The van der Waals surface area contributed by atoms with E-state index in [1.165, 1.54) is 0 Å². The van der Waals surface area contributed by atoms with Gasteiger partial charge in [-0.25, -0.2) is 4.68 Å². The number of benzene rings is 2. The third kappa shape index (κ3) is 3.84. The van der Waals surface area contributed by atoms with E-state index in [4.69, 9.17) is 21.8 Å². The summed E-state index contributed by atoms with van der Waals surface area (Å²) in [6.45, 7) is 0. The second kappa shape index (κ2) is 7.32. The van der Waals surface area contributed by atoms with Gasteiger partial charge < -0.3 is 5.11 Å². The molecule has 0 atom stereocenters. The van der Waals surface area contributed by atoms with Gasteiger partial charge in [0.25, 0.3) is 0 Å². The molecule has 0 unspecified atom stereocenters. The van der Waals surface area contributed by atoms with E-state index in [9.17, 15) is 4.79 Å². The molecule has 5 heteroatoms. The van der Waals surface area contributed by atoms with Crippen molar-refractivity contribution in [2.45, 2.75) is 19.3 Å². The molecule has 24 heavy (non-hydrogen) atoms. The first-order valence-corrected chi connectivity index (χ1v) is 8.13. The summed E-state index contributed by atoms with van der Waals surface area (Å²) in [5.74, 6) is -0.779. The number of aromatic nitrogens is 2. The van der Waals surface area contributed by atoms with Crippen LogP contribution in [-0.2, 0) is 11.2 Å². The van der Waals surface area contributed by atoms with E-state index in [1.807, 2.05) is 65.5 Å². The molecule has 0 amide bonds. The number of carbonyl (C=O) groups is 1. The van der Waals surface area contributed by atoms with Crippen LogP contribution in [0, 0.1) is 0 Å². The molecule has 0 aliphatic carbocycles. The summed E-state index contributed by atoms with van der Waals surface area (Å²) in [6, 6.07) is 17.4. The number of aryl methyl sites for hydroxylation is 1. The highest BCUT2D eigenvalue weighted by Gasteiger charge is 2.13. The maximum atomic E-state index is 10.8. The smallest absolute Gasteiger partial charge is 0.303 e. The SMILES string of the molecule is O=C(O)CCCc1cn(-c2ccccc2)nc1-c1ccc(Cl)cc1. The Morgan fingerprint density at radius 3 is 2.46 bits per heavy atom. The average molecular weight is 341 g/mol.